The minimum Gasteiger partial charge on any atom is -0.480 e. The second kappa shape index (κ2) is 16.3. The van der Waals surface area contributed by atoms with E-state index in [0.717, 1.165) is 25.7 Å². The molecular formula is C21H36N4O4. The predicted octanol–water partition coefficient (Wildman–Crippen LogP) is 2.29. The van der Waals surface area contributed by atoms with Crippen LogP contribution in [-0.2, 0) is 14.4 Å². The number of carboxylic acids is 1. The molecule has 0 bridgehead atoms. The molecular weight excluding hydrogens is 372 g/mol. The van der Waals surface area contributed by atoms with Crippen molar-refractivity contribution in [1.82, 2.24) is 5.32 Å². The summed E-state index contributed by atoms with van der Waals surface area (Å²) in [7, 11) is 0. The molecule has 0 aliphatic rings. The summed E-state index contributed by atoms with van der Waals surface area (Å²) in [6.07, 6.45) is 12.4. The molecule has 6 N–H and O–H groups in total. The molecule has 0 radical (unpaired) electrons. The standard InChI is InChI=1S/C21H36N4O4/c1-16(2)15-17(26)11-8-6-4-3-5-7-9-13-19(27)25-18(20(28)29)12-10-14-24-21(22)23/h5,7,9,13,16,18H,3-4,6,8,10-12,14-15H2,1-2H3,(H,25,27)(H,28,29)(H4,22,23,24)/b7-5+,13-9+/t18-/m0/s1. The number of aliphatic imine (C=N–C) groups is 1. The molecule has 0 aliphatic carbocycles. The summed E-state index contributed by atoms with van der Waals surface area (Å²) in [5, 5.41) is 11.6. The molecule has 29 heavy (non-hydrogen) atoms. The Kier molecular flexibility index (Phi) is 14.8. The predicted molar refractivity (Wildman–Crippen MR) is 115 cm³/mol. The first kappa shape index (κ1) is 26.4. The Morgan fingerprint density at radius 2 is 1.79 bits per heavy atom. The van der Waals surface area contributed by atoms with E-state index in [0.29, 0.717) is 37.5 Å². The number of amides is 1. The molecule has 0 aliphatic heterocycles. The first-order chi connectivity index (χ1) is 13.7. The van der Waals surface area contributed by atoms with Crippen LogP contribution in [0, 0.1) is 5.92 Å². The maximum absolute atomic E-state index is 11.8. The van der Waals surface area contributed by atoms with Crippen molar-refractivity contribution in [2.75, 3.05) is 6.54 Å². The molecule has 0 aromatic heterocycles. The molecule has 0 saturated heterocycles. The molecule has 0 fully saturated rings. The number of carbonyl (C=O) groups excluding carboxylic acids is 2. The fourth-order valence-electron chi connectivity index (χ4n) is 2.62. The van der Waals surface area contributed by atoms with Crippen molar-refractivity contribution < 1.29 is 19.5 Å². The number of nitrogens with zero attached hydrogens (tertiary/aromatic N) is 1. The Morgan fingerprint density at radius 1 is 1.07 bits per heavy atom. The summed E-state index contributed by atoms with van der Waals surface area (Å²) in [6, 6.07) is -0.983. The van der Waals surface area contributed by atoms with Crippen molar-refractivity contribution in [3.05, 3.63) is 24.3 Å². The SMILES string of the molecule is CC(C)CC(=O)CCCCC/C=C/C=C/C(=O)N[C@@H](CCCN=C(N)N)C(=O)O. The van der Waals surface area contributed by atoms with Crippen molar-refractivity contribution >= 4 is 23.6 Å². The summed E-state index contributed by atoms with van der Waals surface area (Å²) in [5.41, 5.74) is 10.4. The lowest BCUT2D eigenvalue weighted by Gasteiger charge is -2.12. The second-order valence-electron chi connectivity index (χ2n) is 7.37. The van der Waals surface area contributed by atoms with Crippen molar-refractivity contribution in [2.24, 2.45) is 22.4 Å². The van der Waals surface area contributed by atoms with Gasteiger partial charge in [0.1, 0.15) is 11.8 Å². The minimum atomic E-state index is -1.10. The van der Waals surface area contributed by atoms with E-state index < -0.39 is 17.9 Å². The lowest BCUT2D eigenvalue weighted by atomic mass is 10.0. The van der Waals surface area contributed by atoms with Gasteiger partial charge in [0.15, 0.2) is 5.96 Å². The van der Waals surface area contributed by atoms with Gasteiger partial charge in [-0.05, 0) is 38.0 Å². The number of hydrogen-bond acceptors (Lipinski definition) is 4. The topological polar surface area (TPSA) is 148 Å². The number of ketones is 1. The van der Waals surface area contributed by atoms with E-state index >= 15 is 0 Å². The number of nitrogens with one attached hydrogen (secondary N) is 1. The largest absolute Gasteiger partial charge is 0.480 e. The van der Waals surface area contributed by atoms with Gasteiger partial charge in [0, 0.05) is 25.5 Å². The summed E-state index contributed by atoms with van der Waals surface area (Å²) >= 11 is 0. The maximum atomic E-state index is 11.8. The number of Topliss-reactive ketones (excluding diaryl/α,β-unsaturated/α-hetero) is 1. The smallest absolute Gasteiger partial charge is 0.326 e. The van der Waals surface area contributed by atoms with Gasteiger partial charge in [0.05, 0.1) is 0 Å². The zero-order valence-corrected chi connectivity index (χ0v) is 17.6. The quantitative estimate of drug-likeness (QED) is 0.101. The zero-order valence-electron chi connectivity index (χ0n) is 17.6. The number of nitrogens with two attached hydrogens (primary N) is 2. The van der Waals surface area contributed by atoms with E-state index in [9.17, 15) is 14.4 Å². The number of carboxylic acid groups (broad SMARTS) is 1. The van der Waals surface area contributed by atoms with Crippen LogP contribution in [0.4, 0.5) is 0 Å². The average Bonchev–Trinajstić information content (AvgIpc) is 2.61. The number of carbonyl (C=O) groups is 3. The Morgan fingerprint density at radius 3 is 2.41 bits per heavy atom. The highest BCUT2D eigenvalue weighted by Crippen LogP contribution is 2.09. The highest BCUT2D eigenvalue weighted by atomic mass is 16.4. The van der Waals surface area contributed by atoms with Crippen molar-refractivity contribution in [3.8, 4) is 0 Å². The molecule has 0 aromatic carbocycles. The maximum Gasteiger partial charge on any atom is 0.326 e. The van der Waals surface area contributed by atoms with Gasteiger partial charge in [-0.3, -0.25) is 14.6 Å². The molecule has 0 spiro atoms. The highest BCUT2D eigenvalue weighted by Gasteiger charge is 2.18. The minimum absolute atomic E-state index is 0.0461. The Labute approximate surface area is 173 Å². The summed E-state index contributed by atoms with van der Waals surface area (Å²) < 4.78 is 0. The van der Waals surface area contributed by atoms with Gasteiger partial charge in [-0.1, -0.05) is 38.5 Å². The second-order valence-corrected chi connectivity index (χ2v) is 7.37. The molecule has 0 heterocycles. The van der Waals surface area contributed by atoms with Gasteiger partial charge in [0.25, 0.3) is 0 Å². The van der Waals surface area contributed by atoms with E-state index in [1.54, 1.807) is 12.2 Å². The van der Waals surface area contributed by atoms with Crippen LogP contribution in [0.3, 0.4) is 0 Å². The number of aliphatic carboxylic acids is 1. The summed E-state index contributed by atoms with van der Waals surface area (Å²) in [6.45, 7) is 4.41. The van der Waals surface area contributed by atoms with Crippen LogP contribution >= 0.6 is 0 Å². The summed E-state index contributed by atoms with van der Waals surface area (Å²) in [5.74, 6) is -0.855. The van der Waals surface area contributed by atoms with Gasteiger partial charge >= 0.3 is 5.97 Å². The molecule has 1 atom stereocenters. The Balaban J connectivity index is 4.00. The first-order valence-electron chi connectivity index (χ1n) is 10.2. The Hall–Kier alpha value is -2.64. The third-order valence-corrected chi connectivity index (χ3v) is 4.02. The number of hydrogen-bond donors (Lipinski definition) is 4. The number of allylic oxidation sites excluding steroid dienone is 3. The van der Waals surface area contributed by atoms with Crippen LogP contribution in [0.25, 0.3) is 0 Å². The molecule has 0 unspecified atom stereocenters. The monoisotopic (exact) mass is 408 g/mol. The van der Waals surface area contributed by atoms with Crippen LogP contribution < -0.4 is 16.8 Å². The van der Waals surface area contributed by atoms with Crippen molar-refractivity contribution in [3.63, 3.8) is 0 Å². The molecule has 0 saturated carbocycles. The van der Waals surface area contributed by atoms with E-state index in [1.165, 1.54) is 6.08 Å². The van der Waals surface area contributed by atoms with Crippen molar-refractivity contribution in [2.45, 2.75) is 71.3 Å². The van der Waals surface area contributed by atoms with Crippen LogP contribution in [0.5, 0.6) is 0 Å². The van der Waals surface area contributed by atoms with E-state index in [-0.39, 0.29) is 12.4 Å². The molecule has 8 nitrogen and oxygen atoms in total. The number of rotatable bonds is 16. The molecule has 8 heteroatoms. The van der Waals surface area contributed by atoms with Crippen LogP contribution in [0.2, 0.25) is 0 Å². The van der Waals surface area contributed by atoms with E-state index in [1.807, 2.05) is 19.9 Å². The van der Waals surface area contributed by atoms with Gasteiger partial charge in [-0.2, -0.15) is 0 Å². The highest BCUT2D eigenvalue weighted by molar-refractivity contribution is 5.91. The lowest BCUT2D eigenvalue weighted by molar-refractivity contribution is -0.141. The number of guanidine groups is 1. The first-order valence-corrected chi connectivity index (χ1v) is 10.2. The lowest BCUT2D eigenvalue weighted by Crippen LogP contribution is -2.40. The molecule has 0 rings (SSSR count). The average molecular weight is 409 g/mol. The van der Waals surface area contributed by atoms with Crippen molar-refractivity contribution in [1.29, 1.82) is 0 Å². The van der Waals surface area contributed by atoms with Crippen LogP contribution in [0.15, 0.2) is 29.3 Å². The molecule has 0 aromatic rings. The van der Waals surface area contributed by atoms with Gasteiger partial charge in [0.2, 0.25) is 5.91 Å². The Bertz CT molecular complexity index is 593. The normalized spacial score (nSPS) is 12.4. The fourth-order valence-corrected chi connectivity index (χ4v) is 2.62. The third kappa shape index (κ3) is 17.2. The summed E-state index contributed by atoms with van der Waals surface area (Å²) in [4.78, 5) is 38.4. The van der Waals surface area contributed by atoms with Gasteiger partial charge < -0.3 is 21.9 Å². The van der Waals surface area contributed by atoms with Gasteiger partial charge in [-0.25, -0.2) is 4.79 Å². The van der Waals surface area contributed by atoms with E-state index in [4.69, 9.17) is 16.6 Å². The zero-order chi connectivity index (χ0) is 22.1. The molecule has 164 valence electrons. The fraction of sp³-hybridized carbons (Fsp3) is 0.619. The van der Waals surface area contributed by atoms with E-state index in [2.05, 4.69) is 10.3 Å². The molecule has 1 amide bonds. The third-order valence-electron chi connectivity index (χ3n) is 4.02. The van der Waals surface area contributed by atoms with Gasteiger partial charge in [-0.15, -0.1) is 0 Å². The van der Waals surface area contributed by atoms with Crippen LogP contribution in [0.1, 0.15) is 65.2 Å². The van der Waals surface area contributed by atoms with Crippen LogP contribution in [-0.4, -0.2) is 41.3 Å². The number of unbranched alkanes of at least 4 members (excludes halogenated alkanes) is 3.